The summed E-state index contributed by atoms with van der Waals surface area (Å²) in [7, 11) is 4.89. The van der Waals surface area contributed by atoms with E-state index in [2.05, 4.69) is 15.0 Å². The van der Waals surface area contributed by atoms with Gasteiger partial charge in [-0.2, -0.15) is 0 Å². The molecule has 0 atom stereocenters. The summed E-state index contributed by atoms with van der Waals surface area (Å²) in [6.07, 6.45) is 3.77. The number of nitrogens with zero attached hydrogens (tertiary/aromatic N) is 3. The van der Waals surface area contributed by atoms with Crippen molar-refractivity contribution in [1.82, 2.24) is 14.8 Å². The third kappa shape index (κ3) is 3.12. The first kappa shape index (κ1) is 15.7. The smallest absolute Gasteiger partial charge is 0.142 e. The van der Waals surface area contributed by atoms with E-state index in [4.69, 9.17) is 4.74 Å². The zero-order valence-corrected chi connectivity index (χ0v) is 12.7. The van der Waals surface area contributed by atoms with E-state index in [0.29, 0.717) is 5.69 Å². The third-order valence-electron chi connectivity index (χ3n) is 2.95. The van der Waals surface area contributed by atoms with Crippen LogP contribution in [0.3, 0.4) is 0 Å². The summed E-state index contributed by atoms with van der Waals surface area (Å²) in [5, 5.41) is 9.19. The number of rotatable bonds is 3. The van der Waals surface area contributed by atoms with Crippen LogP contribution in [0.5, 0.6) is 5.75 Å². The van der Waals surface area contributed by atoms with Crippen LogP contribution in [0.15, 0.2) is 36.4 Å². The van der Waals surface area contributed by atoms with Crippen LogP contribution in [0.25, 0.3) is 22.5 Å². The maximum Gasteiger partial charge on any atom is 0.142 e. The average Bonchev–Trinajstić information content (AvgIpc) is 2.96. The highest BCUT2D eigenvalue weighted by Gasteiger charge is 2.07. The van der Waals surface area contributed by atoms with Gasteiger partial charge in [-0.05, 0) is 36.4 Å². The van der Waals surface area contributed by atoms with E-state index in [1.807, 2.05) is 30.3 Å². The van der Waals surface area contributed by atoms with Crippen LogP contribution in [0.2, 0.25) is 0 Å². The number of aromatic nitrogens is 3. The fraction of sp³-hybridized carbons (Fsp3) is 0.188. The molecule has 0 aliphatic rings. The number of carbonyl (C=O) groups is 1. The van der Waals surface area contributed by atoms with Crippen molar-refractivity contribution in [3.63, 3.8) is 0 Å². The van der Waals surface area contributed by atoms with E-state index in [1.165, 1.54) is 6.08 Å². The summed E-state index contributed by atoms with van der Waals surface area (Å²) in [6.45, 7) is 0. The Morgan fingerprint density at radius 3 is 2.50 bits per heavy atom. The number of ether oxygens (including phenoxy) is 2. The van der Waals surface area contributed by atoms with Crippen LogP contribution in [-0.4, -0.2) is 42.4 Å². The Hall–Kier alpha value is -2.73. The monoisotopic (exact) mass is 299 g/mol. The van der Waals surface area contributed by atoms with Crippen molar-refractivity contribution in [2.24, 2.45) is 0 Å². The van der Waals surface area contributed by atoms with E-state index in [1.54, 1.807) is 31.9 Å². The highest BCUT2D eigenvalue weighted by Crippen LogP contribution is 2.22. The minimum Gasteiger partial charge on any atom is -0.497 e. The van der Waals surface area contributed by atoms with E-state index in [0.717, 1.165) is 28.5 Å². The Kier molecular flexibility index (Phi) is 5.21. The molecule has 0 radical (unpaired) electrons. The van der Waals surface area contributed by atoms with Gasteiger partial charge < -0.3 is 9.47 Å². The van der Waals surface area contributed by atoms with Gasteiger partial charge in [-0.15, -0.1) is 5.10 Å². The van der Waals surface area contributed by atoms with Crippen molar-refractivity contribution in [2.45, 2.75) is 0 Å². The molecule has 6 heteroatoms. The van der Waals surface area contributed by atoms with Crippen LogP contribution < -0.4 is 4.74 Å². The number of aldehydes is 1. The molecule has 1 aromatic carbocycles. The quantitative estimate of drug-likeness (QED) is 0.548. The number of benzene rings is 1. The molecular formula is C16H17N3O3. The molecule has 0 aliphatic carbocycles. The molecule has 0 bridgehead atoms. The summed E-state index contributed by atoms with van der Waals surface area (Å²) < 4.78 is 11.2. The summed E-state index contributed by atoms with van der Waals surface area (Å²) in [4.78, 5) is 10.4. The average molecular weight is 299 g/mol. The van der Waals surface area contributed by atoms with Crippen molar-refractivity contribution < 1.29 is 14.3 Å². The molecule has 0 amide bonds. The zero-order chi connectivity index (χ0) is 15.9. The molecule has 2 aromatic heterocycles. The minimum atomic E-state index is 0.671. The number of allylic oxidation sites excluding steroid dienone is 1. The van der Waals surface area contributed by atoms with E-state index < -0.39 is 0 Å². The summed E-state index contributed by atoms with van der Waals surface area (Å²) in [5.41, 5.74) is 2.47. The Labute approximate surface area is 128 Å². The molecule has 0 unspecified atom stereocenters. The molecule has 0 fully saturated rings. The molecule has 6 nitrogen and oxygen atoms in total. The maximum atomic E-state index is 10.4. The number of methoxy groups -OCH3 is 2. The highest BCUT2D eigenvalue weighted by molar-refractivity contribution is 5.86. The van der Waals surface area contributed by atoms with E-state index in [-0.39, 0.29) is 0 Å². The van der Waals surface area contributed by atoms with E-state index >= 15 is 0 Å². The fourth-order valence-electron chi connectivity index (χ4n) is 2.04. The van der Waals surface area contributed by atoms with Gasteiger partial charge in [-0.1, -0.05) is 11.3 Å². The lowest BCUT2D eigenvalue weighted by molar-refractivity contribution is -0.104. The molecule has 2 heterocycles. The van der Waals surface area contributed by atoms with E-state index in [9.17, 15) is 4.79 Å². The van der Waals surface area contributed by atoms with Gasteiger partial charge in [0.15, 0.2) is 0 Å². The Morgan fingerprint density at radius 2 is 1.82 bits per heavy atom. The fourth-order valence-corrected chi connectivity index (χ4v) is 2.04. The molecule has 3 aromatic rings. The highest BCUT2D eigenvalue weighted by atomic mass is 16.5. The molecular weight excluding hydrogens is 282 g/mol. The van der Waals surface area contributed by atoms with Crippen molar-refractivity contribution in [1.29, 1.82) is 0 Å². The number of hydrogen-bond acceptors (Lipinski definition) is 5. The second-order valence-corrected chi connectivity index (χ2v) is 4.43. The molecule has 0 aliphatic heterocycles. The van der Waals surface area contributed by atoms with Gasteiger partial charge in [0, 0.05) is 19.6 Å². The van der Waals surface area contributed by atoms with Gasteiger partial charge >= 0.3 is 0 Å². The topological polar surface area (TPSA) is 65.7 Å². The summed E-state index contributed by atoms with van der Waals surface area (Å²) in [5.74, 6) is 0.799. The molecule has 0 saturated carbocycles. The third-order valence-corrected chi connectivity index (χ3v) is 2.95. The van der Waals surface area contributed by atoms with Gasteiger partial charge in [0.25, 0.3) is 0 Å². The normalized spacial score (nSPS) is 10.7. The Bertz CT molecular complexity index is 809. The minimum absolute atomic E-state index is 0.671. The van der Waals surface area contributed by atoms with Crippen molar-refractivity contribution in [2.75, 3.05) is 21.3 Å². The van der Waals surface area contributed by atoms with Crippen LogP contribution in [0.1, 0.15) is 5.69 Å². The number of hydrogen-bond donors (Lipinski definition) is 0. The summed E-state index contributed by atoms with van der Waals surface area (Å²) in [6, 6.07) is 9.66. The van der Waals surface area contributed by atoms with Gasteiger partial charge in [0.05, 0.1) is 18.1 Å². The maximum absolute atomic E-state index is 10.4. The number of carbonyl (C=O) groups excluding carboxylic acids is 1. The first-order valence-corrected chi connectivity index (χ1v) is 6.59. The first-order chi connectivity index (χ1) is 10.7. The molecule has 3 rings (SSSR count). The molecule has 0 N–H and O–H groups in total. The SMILES string of the molecule is COC.COc1ccc2c(ccc3c(/C=C/C=O)nnn32)c1. The van der Waals surface area contributed by atoms with Crippen molar-refractivity contribution in [3.05, 3.63) is 42.1 Å². The van der Waals surface area contributed by atoms with Crippen molar-refractivity contribution in [3.8, 4) is 5.75 Å². The zero-order valence-electron chi connectivity index (χ0n) is 12.7. The van der Waals surface area contributed by atoms with Crippen LogP contribution >= 0.6 is 0 Å². The lowest BCUT2D eigenvalue weighted by Crippen LogP contribution is -1.91. The molecule has 0 saturated heterocycles. The lowest BCUT2D eigenvalue weighted by atomic mass is 10.2. The van der Waals surface area contributed by atoms with Crippen molar-refractivity contribution >= 4 is 28.8 Å². The predicted octanol–water partition coefficient (Wildman–Crippen LogP) is 2.37. The van der Waals surface area contributed by atoms with Crippen LogP contribution in [-0.2, 0) is 9.53 Å². The predicted molar refractivity (Wildman–Crippen MR) is 85.1 cm³/mol. The molecule has 0 spiro atoms. The van der Waals surface area contributed by atoms with Gasteiger partial charge in [-0.3, -0.25) is 4.79 Å². The lowest BCUT2D eigenvalue weighted by Gasteiger charge is -2.03. The summed E-state index contributed by atoms with van der Waals surface area (Å²) >= 11 is 0. The van der Waals surface area contributed by atoms with Gasteiger partial charge in [0.2, 0.25) is 0 Å². The van der Waals surface area contributed by atoms with Crippen LogP contribution in [0, 0.1) is 0 Å². The Morgan fingerprint density at radius 1 is 1.09 bits per heavy atom. The molecule has 22 heavy (non-hydrogen) atoms. The standard InChI is InChI=1S/C14H11N3O2.C2H6O/c1-19-11-5-7-13-10(9-11)4-6-14-12(3-2-8-18)15-16-17(13)14;1-3-2/h2-9H,1H3;1-2H3/b3-2+;. The van der Waals surface area contributed by atoms with Gasteiger partial charge in [-0.25, -0.2) is 4.52 Å². The van der Waals surface area contributed by atoms with Crippen LogP contribution in [0.4, 0.5) is 0 Å². The number of pyridine rings is 1. The second kappa shape index (κ2) is 7.33. The first-order valence-electron chi connectivity index (χ1n) is 6.59. The second-order valence-electron chi connectivity index (χ2n) is 4.43. The molecule has 114 valence electrons. The number of fused-ring (bicyclic) bond motifs is 3. The largest absolute Gasteiger partial charge is 0.497 e. The Balaban J connectivity index is 0.000000545. The van der Waals surface area contributed by atoms with Gasteiger partial charge in [0.1, 0.15) is 17.7 Å².